The molecule has 0 saturated carbocycles. The first-order valence-electron chi connectivity index (χ1n) is 7.80. The van der Waals surface area contributed by atoms with Gasteiger partial charge in [0.05, 0.1) is 33.0 Å². The first kappa shape index (κ1) is 18.4. The zero-order chi connectivity index (χ0) is 15.5. The lowest BCUT2D eigenvalue weighted by Gasteiger charge is -2.36. The lowest BCUT2D eigenvalue weighted by atomic mass is 9.89. The van der Waals surface area contributed by atoms with Gasteiger partial charge in [-0.25, -0.2) is 0 Å². The molecule has 1 aliphatic heterocycles. The van der Waals surface area contributed by atoms with Gasteiger partial charge in [-0.3, -0.25) is 9.69 Å². The molecule has 1 saturated heterocycles. The van der Waals surface area contributed by atoms with Gasteiger partial charge >= 0.3 is 5.97 Å². The standard InChI is InChI=1S/C15H29NO5/c1-3-13-4-5-16(14(12-13)15(17)18)6-7-20-10-11-21-9-8-19-2/h13-14H,3-12H2,1-2H3,(H,17,18). The molecule has 21 heavy (non-hydrogen) atoms. The number of hydrogen-bond acceptors (Lipinski definition) is 5. The van der Waals surface area contributed by atoms with E-state index in [9.17, 15) is 9.90 Å². The lowest BCUT2D eigenvalue weighted by Crippen LogP contribution is -2.48. The van der Waals surface area contributed by atoms with Crippen LogP contribution in [-0.4, -0.2) is 75.3 Å². The third-order valence-electron chi connectivity index (χ3n) is 4.01. The minimum Gasteiger partial charge on any atom is -0.480 e. The highest BCUT2D eigenvalue weighted by Crippen LogP contribution is 2.25. The number of ether oxygens (including phenoxy) is 3. The van der Waals surface area contributed by atoms with Crippen molar-refractivity contribution in [2.75, 3.05) is 53.2 Å². The maximum atomic E-state index is 11.3. The Kier molecular flexibility index (Phi) is 9.58. The number of methoxy groups -OCH3 is 1. The van der Waals surface area contributed by atoms with Crippen molar-refractivity contribution in [3.63, 3.8) is 0 Å². The molecule has 124 valence electrons. The normalized spacial score (nSPS) is 23.3. The van der Waals surface area contributed by atoms with Crippen LogP contribution in [0.25, 0.3) is 0 Å². The quantitative estimate of drug-likeness (QED) is 0.579. The Morgan fingerprint density at radius 2 is 1.86 bits per heavy atom. The topological polar surface area (TPSA) is 68.2 Å². The summed E-state index contributed by atoms with van der Waals surface area (Å²) in [4.78, 5) is 13.4. The molecular formula is C15H29NO5. The van der Waals surface area contributed by atoms with E-state index in [2.05, 4.69) is 6.92 Å². The zero-order valence-corrected chi connectivity index (χ0v) is 13.3. The van der Waals surface area contributed by atoms with Crippen LogP contribution in [0.3, 0.4) is 0 Å². The van der Waals surface area contributed by atoms with E-state index < -0.39 is 5.97 Å². The van der Waals surface area contributed by atoms with Crippen LogP contribution < -0.4 is 0 Å². The third-order valence-corrected chi connectivity index (χ3v) is 4.01. The second-order valence-corrected chi connectivity index (χ2v) is 5.41. The fourth-order valence-corrected chi connectivity index (χ4v) is 2.63. The van der Waals surface area contributed by atoms with Gasteiger partial charge in [0.15, 0.2) is 0 Å². The molecule has 0 radical (unpaired) electrons. The smallest absolute Gasteiger partial charge is 0.320 e. The van der Waals surface area contributed by atoms with E-state index in [0.717, 1.165) is 25.8 Å². The predicted octanol–water partition coefficient (Wildman–Crippen LogP) is 1.24. The van der Waals surface area contributed by atoms with Gasteiger partial charge in [0.2, 0.25) is 0 Å². The van der Waals surface area contributed by atoms with E-state index >= 15 is 0 Å². The molecule has 0 bridgehead atoms. The Hall–Kier alpha value is -0.690. The highest BCUT2D eigenvalue weighted by atomic mass is 16.5. The fraction of sp³-hybridized carbons (Fsp3) is 0.933. The molecular weight excluding hydrogens is 274 g/mol. The molecule has 0 amide bonds. The summed E-state index contributed by atoms with van der Waals surface area (Å²) in [6.45, 7) is 6.45. The molecule has 2 unspecified atom stereocenters. The van der Waals surface area contributed by atoms with Crippen LogP contribution in [0.2, 0.25) is 0 Å². The summed E-state index contributed by atoms with van der Waals surface area (Å²) < 4.78 is 15.7. The summed E-state index contributed by atoms with van der Waals surface area (Å²) in [5.74, 6) is -0.173. The molecule has 1 aliphatic rings. The molecule has 1 N–H and O–H groups in total. The second kappa shape index (κ2) is 11.0. The Morgan fingerprint density at radius 1 is 1.19 bits per heavy atom. The summed E-state index contributed by atoms with van der Waals surface area (Å²) in [6.07, 6.45) is 2.90. The van der Waals surface area contributed by atoms with Gasteiger partial charge in [0.25, 0.3) is 0 Å². The van der Waals surface area contributed by atoms with E-state index in [1.165, 1.54) is 0 Å². The third kappa shape index (κ3) is 7.22. The Bertz CT molecular complexity index is 287. The summed E-state index contributed by atoms with van der Waals surface area (Å²) in [5, 5.41) is 9.33. The van der Waals surface area contributed by atoms with E-state index in [0.29, 0.717) is 45.5 Å². The monoisotopic (exact) mass is 303 g/mol. The summed E-state index contributed by atoms with van der Waals surface area (Å²) in [7, 11) is 1.64. The molecule has 0 aromatic rings. The SMILES string of the molecule is CCC1CCN(CCOCCOCCOC)C(C(=O)O)C1. The van der Waals surface area contributed by atoms with Crippen molar-refractivity contribution in [1.82, 2.24) is 4.90 Å². The van der Waals surface area contributed by atoms with Crippen LogP contribution in [0.4, 0.5) is 0 Å². The van der Waals surface area contributed by atoms with Crippen molar-refractivity contribution in [3.05, 3.63) is 0 Å². The van der Waals surface area contributed by atoms with Gasteiger partial charge in [-0.15, -0.1) is 0 Å². The Balaban J connectivity index is 2.14. The van der Waals surface area contributed by atoms with E-state index in [-0.39, 0.29) is 6.04 Å². The first-order chi connectivity index (χ1) is 10.2. The van der Waals surface area contributed by atoms with Crippen molar-refractivity contribution >= 4 is 5.97 Å². The minimum atomic E-state index is -0.712. The lowest BCUT2D eigenvalue weighted by molar-refractivity contribution is -0.145. The molecule has 0 aromatic heterocycles. The number of carbonyl (C=O) groups is 1. The summed E-state index contributed by atoms with van der Waals surface area (Å²) >= 11 is 0. The second-order valence-electron chi connectivity index (χ2n) is 5.41. The molecule has 2 atom stereocenters. The number of piperidine rings is 1. The number of likely N-dealkylation sites (tertiary alicyclic amines) is 1. The molecule has 0 aromatic carbocycles. The molecule has 1 fully saturated rings. The molecule has 1 heterocycles. The van der Waals surface area contributed by atoms with Crippen LogP contribution in [0.15, 0.2) is 0 Å². The van der Waals surface area contributed by atoms with Crippen molar-refractivity contribution in [2.24, 2.45) is 5.92 Å². The number of carboxylic acids is 1. The molecule has 6 heteroatoms. The average molecular weight is 303 g/mol. The number of hydrogen-bond donors (Lipinski definition) is 1. The fourth-order valence-electron chi connectivity index (χ4n) is 2.63. The first-order valence-corrected chi connectivity index (χ1v) is 7.80. The zero-order valence-electron chi connectivity index (χ0n) is 13.3. The molecule has 0 spiro atoms. The van der Waals surface area contributed by atoms with Gasteiger partial charge in [0.1, 0.15) is 6.04 Å². The van der Waals surface area contributed by atoms with Crippen LogP contribution in [-0.2, 0) is 19.0 Å². The van der Waals surface area contributed by atoms with Crippen molar-refractivity contribution in [3.8, 4) is 0 Å². The van der Waals surface area contributed by atoms with Gasteiger partial charge in [0, 0.05) is 13.7 Å². The van der Waals surface area contributed by atoms with Crippen LogP contribution >= 0.6 is 0 Å². The van der Waals surface area contributed by atoms with E-state index in [4.69, 9.17) is 14.2 Å². The largest absolute Gasteiger partial charge is 0.480 e. The van der Waals surface area contributed by atoms with E-state index in [1.54, 1.807) is 7.11 Å². The number of carboxylic acid groups (broad SMARTS) is 1. The van der Waals surface area contributed by atoms with Crippen LogP contribution in [0, 0.1) is 5.92 Å². The predicted molar refractivity (Wildman–Crippen MR) is 79.5 cm³/mol. The van der Waals surface area contributed by atoms with Crippen LogP contribution in [0.1, 0.15) is 26.2 Å². The van der Waals surface area contributed by atoms with Gasteiger partial charge < -0.3 is 19.3 Å². The summed E-state index contributed by atoms with van der Waals surface area (Å²) in [6, 6.07) is -0.356. The average Bonchev–Trinajstić information content (AvgIpc) is 2.49. The van der Waals surface area contributed by atoms with Crippen molar-refractivity contribution in [2.45, 2.75) is 32.2 Å². The van der Waals surface area contributed by atoms with Gasteiger partial charge in [-0.1, -0.05) is 13.3 Å². The summed E-state index contributed by atoms with van der Waals surface area (Å²) in [5.41, 5.74) is 0. The maximum absolute atomic E-state index is 11.3. The number of nitrogens with zero attached hydrogens (tertiary/aromatic N) is 1. The van der Waals surface area contributed by atoms with E-state index in [1.807, 2.05) is 4.90 Å². The van der Waals surface area contributed by atoms with Gasteiger partial charge in [-0.05, 0) is 25.3 Å². The number of rotatable bonds is 11. The molecule has 6 nitrogen and oxygen atoms in total. The molecule has 0 aliphatic carbocycles. The van der Waals surface area contributed by atoms with Crippen LogP contribution in [0.5, 0.6) is 0 Å². The Labute approximate surface area is 127 Å². The minimum absolute atomic E-state index is 0.356. The Morgan fingerprint density at radius 3 is 2.48 bits per heavy atom. The highest BCUT2D eigenvalue weighted by Gasteiger charge is 2.32. The molecule has 1 rings (SSSR count). The van der Waals surface area contributed by atoms with Gasteiger partial charge in [-0.2, -0.15) is 0 Å². The highest BCUT2D eigenvalue weighted by molar-refractivity contribution is 5.73. The van der Waals surface area contributed by atoms with Crippen molar-refractivity contribution in [1.29, 1.82) is 0 Å². The maximum Gasteiger partial charge on any atom is 0.320 e. The van der Waals surface area contributed by atoms with Crippen molar-refractivity contribution < 1.29 is 24.1 Å². The number of aliphatic carboxylic acids is 1.